The molecule has 2 heterocycles. The summed E-state index contributed by atoms with van der Waals surface area (Å²) in [6.45, 7) is 3.86. The summed E-state index contributed by atoms with van der Waals surface area (Å²) in [4.78, 5) is 33.8. The Labute approximate surface area is 137 Å². The van der Waals surface area contributed by atoms with Crippen molar-refractivity contribution in [1.82, 2.24) is 15.0 Å². The fourth-order valence-corrected chi connectivity index (χ4v) is 2.40. The minimum absolute atomic E-state index is 0.144. The summed E-state index contributed by atoms with van der Waals surface area (Å²) in [5.41, 5.74) is 1.67. The highest BCUT2D eigenvalue weighted by Crippen LogP contribution is 2.07. The molecule has 0 unspecified atom stereocenters. The van der Waals surface area contributed by atoms with Crippen molar-refractivity contribution in [3.05, 3.63) is 84.6 Å². The van der Waals surface area contributed by atoms with Gasteiger partial charge in [0.25, 0.3) is 11.1 Å². The van der Waals surface area contributed by atoms with E-state index < -0.39 is 0 Å². The number of oxazole rings is 1. The Morgan fingerprint density at radius 1 is 1.08 bits per heavy atom. The highest BCUT2D eigenvalue weighted by atomic mass is 16.3. The molecule has 3 rings (SSSR count). The highest BCUT2D eigenvalue weighted by molar-refractivity contribution is 5.52. The Kier molecular flexibility index (Phi) is 4.29. The zero-order chi connectivity index (χ0) is 17.1. The van der Waals surface area contributed by atoms with Crippen LogP contribution in [0.15, 0.2) is 44.7 Å². The lowest BCUT2D eigenvalue weighted by Gasteiger charge is -1.98. The lowest BCUT2D eigenvalue weighted by molar-refractivity contribution is 0.509. The molecule has 122 valence electrons. The number of hydrogen-bond donors (Lipinski definition) is 2. The van der Waals surface area contributed by atoms with Crippen LogP contribution in [-0.2, 0) is 6.42 Å². The average Bonchev–Trinajstić information content (AvgIpc) is 3.01. The fraction of sp³-hybridized carbons (Fsp3) is 0.167. The van der Waals surface area contributed by atoms with E-state index >= 15 is 0 Å². The highest BCUT2D eigenvalue weighted by Gasteiger charge is 2.04. The topological polar surface area (TPSA) is 91.8 Å². The lowest BCUT2D eigenvalue weighted by atomic mass is 10.1. The molecular weight excluding hydrogens is 306 g/mol. The molecule has 0 saturated carbocycles. The standard InChI is InChI=1S/C18H17N3O3/c1-3-16-13(19-10-24-16)9-15-18(23)20-14(17(22)21-15)8-12-7-5-4-6-11(12)2/h4-10H,3H2,1-2H3,(H,20,23)(H,21,22)/b14-8-,15-9-. The molecule has 3 aromatic rings. The number of aromatic amines is 2. The molecule has 0 spiro atoms. The Bertz CT molecular complexity index is 1100. The second-order valence-electron chi connectivity index (χ2n) is 5.40. The third kappa shape index (κ3) is 3.12. The van der Waals surface area contributed by atoms with Crippen LogP contribution in [0.3, 0.4) is 0 Å². The first-order valence-corrected chi connectivity index (χ1v) is 7.62. The monoisotopic (exact) mass is 323 g/mol. The van der Waals surface area contributed by atoms with Crippen LogP contribution in [0.1, 0.15) is 29.5 Å². The molecular formula is C18H17N3O3. The van der Waals surface area contributed by atoms with Crippen LogP contribution in [0, 0.1) is 6.92 Å². The van der Waals surface area contributed by atoms with E-state index in [9.17, 15) is 9.59 Å². The maximum Gasteiger partial charge on any atom is 0.272 e. The van der Waals surface area contributed by atoms with Crippen LogP contribution in [-0.4, -0.2) is 15.0 Å². The number of H-pyrrole nitrogens is 2. The maximum atomic E-state index is 12.3. The zero-order valence-electron chi connectivity index (χ0n) is 13.4. The first kappa shape index (κ1) is 15.7. The molecule has 0 amide bonds. The van der Waals surface area contributed by atoms with Gasteiger partial charge in [0.15, 0.2) is 6.39 Å². The van der Waals surface area contributed by atoms with Crippen LogP contribution in [0.2, 0.25) is 0 Å². The molecule has 24 heavy (non-hydrogen) atoms. The molecule has 0 radical (unpaired) electrons. The van der Waals surface area contributed by atoms with Gasteiger partial charge in [0.05, 0.1) is 0 Å². The van der Waals surface area contributed by atoms with E-state index in [0.29, 0.717) is 17.9 Å². The summed E-state index contributed by atoms with van der Waals surface area (Å²) in [6, 6.07) is 7.62. The van der Waals surface area contributed by atoms with Gasteiger partial charge in [-0.2, -0.15) is 0 Å². The van der Waals surface area contributed by atoms with E-state index in [2.05, 4.69) is 15.0 Å². The van der Waals surface area contributed by atoms with E-state index in [1.54, 1.807) is 6.08 Å². The van der Waals surface area contributed by atoms with Crippen molar-refractivity contribution in [2.75, 3.05) is 0 Å². The average molecular weight is 323 g/mol. The predicted molar refractivity (Wildman–Crippen MR) is 91.1 cm³/mol. The smallest absolute Gasteiger partial charge is 0.272 e. The maximum absolute atomic E-state index is 12.3. The van der Waals surface area contributed by atoms with Gasteiger partial charge in [-0.05, 0) is 30.2 Å². The molecule has 0 aliphatic carbocycles. The fourth-order valence-electron chi connectivity index (χ4n) is 2.40. The summed E-state index contributed by atoms with van der Waals surface area (Å²) in [6.07, 6.45) is 5.14. The second kappa shape index (κ2) is 6.54. The molecule has 0 atom stereocenters. The first-order chi connectivity index (χ1) is 11.6. The van der Waals surface area contributed by atoms with Gasteiger partial charge in [-0.15, -0.1) is 0 Å². The van der Waals surface area contributed by atoms with E-state index in [-0.39, 0.29) is 21.8 Å². The minimum atomic E-state index is -0.389. The van der Waals surface area contributed by atoms with Gasteiger partial charge in [0.1, 0.15) is 22.2 Å². The zero-order valence-corrected chi connectivity index (χ0v) is 13.4. The van der Waals surface area contributed by atoms with Crippen LogP contribution >= 0.6 is 0 Å². The van der Waals surface area contributed by atoms with Crippen LogP contribution in [0.4, 0.5) is 0 Å². The van der Waals surface area contributed by atoms with Crippen molar-refractivity contribution in [2.24, 2.45) is 0 Å². The first-order valence-electron chi connectivity index (χ1n) is 7.62. The number of benzene rings is 1. The van der Waals surface area contributed by atoms with E-state index in [1.165, 1.54) is 12.5 Å². The molecule has 1 aromatic carbocycles. The summed E-state index contributed by atoms with van der Waals surface area (Å²) in [7, 11) is 0. The number of rotatable bonds is 3. The molecule has 0 aliphatic rings. The number of nitrogens with zero attached hydrogens (tertiary/aromatic N) is 1. The van der Waals surface area contributed by atoms with Gasteiger partial charge in [-0.1, -0.05) is 31.2 Å². The Morgan fingerprint density at radius 2 is 1.75 bits per heavy atom. The second-order valence-corrected chi connectivity index (χ2v) is 5.40. The van der Waals surface area contributed by atoms with Crippen LogP contribution < -0.4 is 21.8 Å². The largest absolute Gasteiger partial charge is 0.448 e. The third-order valence-corrected chi connectivity index (χ3v) is 3.75. The number of hydrogen-bond acceptors (Lipinski definition) is 4. The quantitative estimate of drug-likeness (QED) is 0.737. The summed E-state index contributed by atoms with van der Waals surface area (Å²) < 4.78 is 5.22. The molecule has 0 saturated heterocycles. The molecule has 6 nitrogen and oxygen atoms in total. The normalized spacial score (nSPS) is 12.8. The van der Waals surface area contributed by atoms with Gasteiger partial charge >= 0.3 is 0 Å². The molecule has 0 aliphatic heterocycles. The molecule has 2 N–H and O–H groups in total. The third-order valence-electron chi connectivity index (χ3n) is 3.75. The van der Waals surface area contributed by atoms with Crippen molar-refractivity contribution >= 4 is 12.2 Å². The molecule has 2 aromatic heterocycles. The SMILES string of the molecule is CCc1ocnc1/C=c1\[nH]c(=O)/c(=C/c2ccccc2C)[nH]c1=O. The van der Waals surface area contributed by atoms with Gasteiger partial charge in [-0.25, -0.2) is 4.98 Å². The number of aromatic nitrogens is 3. The summed E-state index contributed by atoms with van der Waals surface area (Å²) in [5.74, 6) is 0.658. The van der Waals surface area contributed by atoms with E-state index in [1.807, 2.05) is 38.1 Å². The van der Waals surface area contributed by atoms with E-state index in [0.717, 1.165) is 11.1 Å². The van der Waals surface area contributed by atoms with Crippen molar-refractivity contribution in [2.45, 2.75) is 20.3 Å². The molecule has 0 fully saturated rings. The number of nitrogens with one attached hydrogen (secondary N) is 2. The van der Waals surface area contributed by atoms with Gasteiger partial charge in [-0.3, -0.25) is 9.59 Å². The summed E-state index contributed by atoms with van der Waals surface area (Å²) in [5, 5.41) is 0.354. The minimum Gasteiger partial charge on any atom is -0.448 e. The van der Waals surface area contributed by atoms with Gasteiger partial charge in [0, 0.05) is 6.42 Å². The lowest BCUT2D eigenvalue weighted by Crippen LogP contribution is -2.46. The van der Waals surface area contributed by atoms with Crippen molar-refractivity contribution in [3.63, 3.8) is 0 Å². The van der Waals surface area contributed by atoms with Crippen LogP contribution in [0.5, 0.6) is 0 Å². The summed E-state index contributed by atoms with van der Waals surface area (Å²) >= 11 is 0. The Hall–Kier alpha value is -3.15. The molecule has 6 heteroatoms. The Morgan fingerprint density at radius 3 is 2.42 bits per heavy atom. The van der Waals surface area contributed by atoms with Gasteiger partial charge in [0.2, 0.25) is 0 Å². The van der Waals surface area contributed by atoms with Crippen LogP contribution in [0.25, 0.3) is 12.2 Å². The van der Waals surface area contributed by atoms with E-state index in [4.69, 9.17) is 4.42 Å². The van der Waals surface area contributed by atoms with Gasteiger partial charge < -0.3 is 14.4 Å². The predicted octanol–water partition coefficient (Wildman–Crippen LogP) is 0.580. The van der Waals surface area contributed by atoms with Crippen molar-refractivity contribution in [1.29, 1.82) is 0 Å². The molecule has 0 bridgehead atoms. The van der Waals surface area contributed by atoms with Crippen molar-refractivity contribution in [3.8, 4) is 0 Å². The number of aryl methyl sites for hydroxylation is 2. The van der Waals surface area contributed by atoms with Crippen molar-refractivity contribution < 1.29 is 4.42 Å². The Balaban J connectivity index is 2.16.